The van der Waals surface area contributed by atoms with Gasteiger partial charge in [-0.2, -0.15) is 0 Å². The van der Waals surface area contributed by atoms with Crippen LogP contribution in [0.5, 0.6) is 5.75 Å². The number of ether oxygens (including phenoxy) is 1. The van der Waals surface area contributed by atoms with E-state index >= 15 is 0 Å². The van der Waals surface area contributed by atoms with Crippen LogP contribution >= 0.6 is 11.3 Å². The first-order chi connectivity index (χ1) is 13.5. The van der Waals surface area contributed by atoms with E-state index in [4.69, 9.17) is 4.74 Å². The minimum atomic E-state index is -0.433. The molecule has 0 aliphatic carbocycles. The molecule has 3 rings (SSSR count). The van der Waals surface area contributed by atoms with Gasteiger partial charge in [0.15, 0.2) is 11.6 Å². The number of nitrogens with zero attached hydrogens (tertiary/aromatic N) is 2. The van der Waals surface area contributed by atoms with Gasteiger partial charge in [-0.1, -0.05) is 12.1 Å². The van der Waals surface area contributed by atoms with Crippen LogP contribution in [0.3, 0.4) is 0 Å². The number of thiazole rings is 1. The van der Waals surface area contributed by atoms with Crippen molar-refractivity contribution >= 4 is 23.3 Å². The first kappa shape index (κ1) is 19.7. The Morgan fingerprint density at radius 3 is 2.68 bits per heavy atom. The summed E-state index contributed by atoms with van der Waals surface area (Å²) in [6.45, 7) is 0.498. The van der Waals surface area contributed by atoms with Gasteiger partial charge in [0.05, 0.1) is 12.2 Å². The van der Waals surface area contributed by atoms with E-state index in [9.17, 15) is 13.6 Å². The van der Waals surface area contributed by atoms with Crippen molar-refractivity contribution in [3.63, 3.8) is 0 Å². The lowest BCUT2D eigenvalue weighted by Crippen LogP contribution is -2.29. The van der Waals surface area contributed by atoms with Crippen LogP contribution in [0.25, 0.3) is 16.6 Å². The molecule has 0 N–H and O–H groups in total. The molecule has 1 heterocycles. The molecule has 28 heavy (non-hydrogen) atoms. The Morgan fingerprint density at radius 2 is 1.93 bits per heavy atom. The van der Waals surface area contributed by atoms with Crippen molar-refractivity contribution in [1.29, 1.82) is 0 Å². The van der Waals surface area contributed by atoms with Crippen molar-refractivity contribution < 1.29 is 18.3 Å². The van der Waals surface area contributed by atoms with Gasteiger partial charge in [-0.05, 0) is 42.5 Å². The normalized spacial score (nSPS) is 11.0. The van der Waals surface area contributed by atoms with Crippen molar-refractivity contribution in [3.8, 4) is 16.3 Å². The van der Waals surface area contributed by atoms with Gasteiger partial charge in [-0.15, -0.1) is 11.3 Å². The summed E-state index contributed by atoms with van der Waals surface area (Å²) in [4.78, 5) is 18.1. The minimum Gasteiger partial charge on any atom is -0.489 e. The average molecular weight is 400 g/mol. The summed E-state index contributed by atoms with van der Waals surface area (Å²) >= 11 is 1.42. The van der Waals surface area contributed by atoms with Crippen LogP contribution in [-0.2, 0) is 4.79 Å². The standard InChI is InChI=1S/C21H18F2N2O2S/c1-25(12-13-27-19-5-3-2-4-18(19)23)20(26)11-10-17-14-28-21(24-17)15-6-8-16(22)9-7-15/h2-11,14H,12-13H2,1H3. The topological polar surface area (TPSA) is 42.4 Å². The molecule has 1 amide bonds. The fourth-order valence-corrected chi connectivity index (χ4v) is 3.13. The summed E-state index contributed by atoms with van der Waals surface area (Å²) in [5.41, 5.74) is 1.47. The second kappa shape index (κ2) is 9.23. The molecule has 0 fully saturated rings. The molecule has 4 nitrogen and oxygen atoms in total. The third-order valence-corrected chi connectivity index (χ3v) is 4.82. The SMILES string of the molecule is CN(CCOc1ccccc1F)C(=O)C=Cc1csc(-c2ccc(F)cc2)n1. The highest BCUT2D eigenvalue weighted by atomic mass is 32.1. The summed E-state index contributed by atoms with van der Waals surface area (Å²) in [6.07, 6.45) is 3.05. The van der Waals surface area contributed by atoms with Crippen LogP contribution in [0.4, 0.5) is 8.78 Å². The largest absolute Gasteiger partial charge is 0.489 e. The Kier molecular flexibility index (Phi) is 6.49. The fourth-order valence-electron chi connectivity index (χ4n) is 2.34. The third-order valence-electron chi connectivity index (χ3n) is 3.91. The molecule has 2 aromatic carbocycles. The Hall–Kier alpha value is -3.06. The number of carbonyl (C=O) groups excluding carboxylic acids is 1. The van der Waals surface area contributed by atoms with Gasteiger partial charge in [0.2, 0.25) is 5.91 Å². The molecule has 3 aromatic rings. The Bertz CT molecular complexity index is 971. The van der Waals surface area contributed by atoms with Crippen molar-refractivity contribution in [2.75, 3.05) is 20.2 Å². The monoisotopic (exact) mass is 400 g/mol. The molecule has 0 radical (unpaired) electrons. The van der Waals surface area contributed by atoms with Crippen molar-refractivity contribution in [2.24, 2.45) is 0 Å². The average Bonchev–Trinajstić information content (AvgIpc) is 3.17. The van der Waals surface area contributed by atoms with Crippen LogP contribution in [-0.4, -0.2) is 36.0 Å². The number of para-hydroxylation sites is 1. The van der Waals surface area contributed by atoms with Gasteiger partial charge in [0, 0.05) is 24.1 Å². The number of likely N-dealkylation sites (N-methyl/N-ethyl adjacent to an activating group) is 1. The van der Waals surface area contributed by atoms with Crippen LogP contribution in [0, 0.1) is 11.6 Å². The molecule has 0 unspecified atom stereocenters. The van der Waals surface area contributed by atoms with E-state index in [1.807, 2.05) is 5.38 Å². The van der Waals surface area contributed by atoms with E-state index in [1.165, 1.54) is 46.6 Å². The number of aromatic nitrogens is 1. The second-order valence-corrected chi connectivity index (χ2v) is 6.81. The zero-order valence-corrected chi connectivity index (χ0v) is 16.0. The molecule has 0 spiro atoms. The highest BCUT2D eigenvalue weighted by Crippen LogP contribution is 2.24. The minimum absolute atomic E-state index is 0.162. The number of carbonyl (C=O) groups is 1. The molecule has 144 valence electrons. The summed E-state index contributed by atoms with van der Waals surface area (Å²) in [5.74, 6) is -0.784. The van der Waals surface area contributed by atoms with Gasteiger partial charge in [0.25, 0.3) is 0 Å². The number of hydrogen-bond donors (Lipinski definition) is 0. The molecule has 0 atom stereocenters. The zero-order valence-electron chi connectivity index (χ0n) is 15.1. The van der Waals surface area contributed by atoms with Gasteiger partial charge in [0.1, 0.15) is 17.4 Å². The highest BCUT2D eigenvalue weighted by molar-refractivity contribution is 7.13. The van der Waals surface area contributed by atoms with Gasteiger partial charge in [-0.3, -0.25) is 4.79 Å². The molecule has 0 aliphatic rings. The van der Waals surface area contributed by atoms with Gasteiger partial charge < -0.3 is 9.64 Å². The zero-order chi connectivity index (χ0) is 19.9. The number of halogens is 2. The summed E-state index contributed by atoms with van der Waals surface area (Å²) in [6, 6.07) is 12.2. The summed E-state index contributed by atoms with van der Waals surface area (Å²) in [7, 11) is 1.64. The Balaban J connectivity index is 1.51. The van der Waals surface area contributed by atoms with Crippen LogP contribution in [0.2, 0.25) is 0 Å². The lowest BCUT2D eigenvalue weighted by atomic mass is 10.2. The first-order valence-corrected chi connectivity index (χ1v) is 9.43. The first-order valence-electron chi connectivity index (χ1n) is 8.55. The fraction of sp³-hybridized carbons (Fsp3) is 0.143. The maximum atomic E-state index is 13.5. The Morgan fingerprint density at radius 1 is 1.18 bits per heavy atom. The molecule has 0 saturated heterocycles. The highest BCUT2D eigenvalue weighted by Gasteiger charge is 2.08. The smallest absolute Gasteiger partial charge is 0.246 e. The van der Waals surface area contributed by atoms with Crippen molar-refractivity contribution in [3.05, 3.63) is 77.3 Å². The second-order valence-electron chi connectivity index (χ2n) is 5.96. The molecule has 7 heteroatoms. The van der Waals surface area contributed by atoms with Crippen molar-refractivity contribution in [2.45, 2.75) is 0 Å². The van der Waals surface area contributed by atoms with Gasteiger partial charge >= 0.3 is 0 Å². The van der Waals surface area contributed by atoms with Crippen LogP contribution < -0.4 is 4.74 Å². The van der Waals surface area contributed by atoms with E-state index in [0.717, 1.165) is 10.6 Å². The summed E-state index contributed by atoms with van der Waals surface area (Å²) < 4.78 is 31.8. The quantitative estimate of drug-likeness (QED) is 0.543. The van der Waals surface area contributed by atoms with Crippen LogP contribution in [0.15, 0.2) is 60.0 Å². The predicted molar refractivity (Wildman–Crippen MR) is 106 cm³/mol. The molecule has 0 aliphatic heterocycles. The van der Waals surface area contributed by atoms with E-state index in [-0.39, 0.29) is 24.1 Å². The molecular weight excluding hydrogens is 382 g/mol. The number of rotatable bonds is 7. The maximum Gasteiger partial charge on any atom is 0.246 e. The molecular formula is C21H18F2N2O2S. The van der Waals surface area contributed by atoms with E-state index in [1.54, 1.807) is 37.4 Å². The van der Waals surface area contributed by atoms with Crippen LogP contribution in [0.1, 0.15) is 5.69 Å². The third kappa shape index (κ3) is 5.23. The molecule has 1 aromatic heterocycles. The predicted octanol–water partition coefficient (Wildman–Crippen LogP) is 4.64. The number of benzene rings is 2. The number of hydrogen-bond acceptors (Lipinski definition) is 4. The maximum absolute atomic E-state index is 13.5. The van der Waals surface area contributed by atoms with E-state index in [2.05, 4.69) is 4.98 Å². The lowest BCUT2D eigenvalue weighted by molar-refractivity contribution is -0.125. The number of amides is 1. The van der Waals surface area contributed by atoms with Gasteiger partial charge in [-0.25, -0.2) is 13.8 Å². The molecule has 0 bridgehead atoms. The van der Waals surface area contributed by atoms with E-state index < -0.39 is 5.82 Å². The Labute approximate surface area is 165 Å². The lowest BCUT2D eigenvalue weighted by Gasteiger charge is -2.15. The van der Waals surface area contributed by atoms with Crippen molar-refractivity contribution in [1.82, 2.24) is 9.88 Å². The van der Waals surface area contributed by atoms with E-state index in [0.29, 0.717) is 12.2 Å². The summed E-state index contributed by atoms with van der Waals surface area (Å²) in [5, 5.41) is 2.57. The molecule has 0 saturated carbocycles.